The Balaban J connectivity index is 1.89. The lowest BCUT2D eigenvalue weighted by atomic mass is 10.2. The van der Waals surface area contributed by atoms with Gasteiger partial charge in [-0.05, 0) is 23.8 Å². The molecule has 1 unspecified atom stereocenters. The Labute approximate surface area is 126 Å². The largest absolute Gasteiger partial charge is 0.495 e. The summed E-state index contributed by atoms with van der Waals surface area (Å²) in [7, 11) is 1.53. The third kappa shape index (κ3) is 2.59. The van der Waals surface area contributed by atoms with Gasteiger partial charge in [0, 0.05) is 12.4 Å². The molecule has 0 aliphatic carbocycles. The molecule has 3 aromatic rings. The average Bonchev–Trinajstić information content (AvgIpc) is 2.99. The number of aliphatic hydroxyl groups is 2. The molecule has 114 valence electrons. The Kier molecular flexibility index (Phi) is 3.90. The van der Waals surface area contributed by atoms with Crippen molar-refractivity contribution in [3.63, 3.8) is 0 Å². The normalized spacial score (nSPS) is 12.3. The van der Waals surface area contributed by atoms with E-state index in [0.29, 0.717) is 22.6 Å². The van der Waals surface area contributed by atoms with E-state index in [-0.39, 0.29) is 6.61 Å². The van der Waals surface area contributed by atoms with E-state index in [4.69, 9.17) is 9.84 Å². The first-order valence-corrected chi connectivity index (χ1v) is 6.73. The molecule has 0 radical (unpaired) electrons. The highest BCUT2D eigenvalue weighted by Gasteiger charge is 2.16. The maximum absolute atomic E-state index is 10.4. The second-order valence-electron chi connectivity index (χ2n) is 4.73. The van der Waals surface area contributed by atoms with Gasteiger partial charge < -0.3 is 20.3 Å². The zero-order chi connectivity index (χ0) is 15.5. The lowest BCUT2D eigenvalue weighted by Gasteiger charge is -2.16. The van der Waals surface area contributed by atoms with E-state index in [9.17, 15) is 5.11 Å². The van der Waals surface area contributed by atoms with Crippen LogP contribution in [0.5, 0.6) is 5.75 Å². The molecule has 0 bridgehead atoms. The van der Waals surface area contributed by atoms with Crippen molar-refractivity contribution in [1.82, 2.24) is 14.6 Å². The van der Waals surface area contributed by atoms with Gasteiger partial charge in [0.15, 0.2) is 11.9 Å². The Bertz CT molecular complexity index is 787. The van der Waals surface area contributed by atoms with Gasteiger partial charge in [0.2, 0.25) is 0 Å². The Morgan fingerprint density at radius 1 is 1.41 bits per heavy atom. The summed E-state index contributed by atoms with van der Waals surface area (Å²) in [6.07, 6.45) is 3.98. The molecule has 0 amide bonds. The second kappa shape index (κ2) is 6.00. The highest BCUT2D eigenvalue weighted by atomic mass is 16.5. The number of aliphatic hydroxyl groups excluding tert-OH is 2. The van der Waals surface area contributed by atoms with Crippen LogP contribution >= 0.6 is 0 Å². The van der Waals surface area contributed by atoms with E-state index in [0.717, 1.165) is 5.56 Å². The summed E-state index contributed by atoms with van der Waals surface area (Å²) in [5.41, 5.74) is 2.49. The zero-order valence-corrected chi connectivity index (χ0v) is 12.0. The molecule has 0 aliphatic rings. The molecular formula is C15H16N4O3. The molecule has 0 aliphatic heterocycles. The number of benzene rings is 1. The molecule has 7 heteroatoms. The van der Waals surface area contributed by atoms with Crippen LogP contribution in [0.1, 0.15) is 17.4 Å². The molecule has 3 rings (SSSR count). The number of rotatable bonds is 5. The molecule has 7 nitrogen and oxygen atoms in total. The van der Waals surface area contributed by atoms with Crippen LogP contribution in [-0.2, 0) is 6.61 Å². The maximum Gasteiger partial charge on any atom is 0.162 e. The van der Waals surface area contributed by atoms with Gasteiger partial charge in [-0.15, -0.1) is 0 Å². The number of fused-ring (bicyclic) bond motifs is 1. The number of hydrogen-bond donors (Lipinski definition) is 3. The Hall–Kier alpha value is -2.64. The number of ether oxygens (including phenoxy) is 1. The molecule has 22 heavy (non-hydrogen) atoms. The summed E-state index contributed by atoms with van der Waals surface area (Å²) >= 11 is 0. The standard InChI is InChI=1S/C15H16N4O3/c1-22-13-7-10(9-20)3-4-12(13)18-15(21)11-8-17-19-6-2-5-16-14(11)19/h2-8,15,18,20-21H,9H2,1H3. The average molecular weight is 300 g/mol. The van der Waals surface area contributed by atoms with Crippen molar-refractivity contribution in [3.05, 3.63) is 54.0 Å². The highest BCUT2D eigenvalue weighted by Crippen LogP contribution is 2.29. The number of methoxy groups -OCH3 is 1. The van der Waals surface area contributed by atoms with Crippen LogP contribution < -0.4 is 10.1 Å². The third-order valence-electron chi connectivity index (χ3n) is 3.34. The first kappa shape index (κ1) is 14.3. The topological polar surface area (TPSA) is 91.9 Å². The third-order valence-corrected chi connectivity index (χ3v) is 3.34. The number of aromatic nitrogens is 3. The molecule has 2 aromatic heterocycles. The molecule has 2 heterocycles. The monoisotopic (exact) mass is 300 g/mol. The van der Waals surface area contributed by atoms with Crippen LogP contribution in [-0.4, -0.2) is 31.9 Å². The summed E-state index contributed by atoms with van der Waals surface area (Å²) in [6, 6.07) is 6.97. The quantitative estimate of drug-likeness (QED) is 0.616. The van der Waals surface area contributed by atoms with Crippen molar-refractivity contribution in [2.45, 2.75) is 12.8 Å². The van der Waals surface area contributed by atoms with E-state index in [1.165, 1.54) is 7.11 Å². The highest BCUT2D eigenvalue weighted by molar-refractivity contribution is 5.60. The Morgan fingerprint density at radius 2 is 2.27 bits per heavy atom. The fraction of sp³-hybridized carbons (Fsp3) is 0.200. The summed E-state index contributed by atoms with van der Waals surface area (Å²) in [5, 5.41) is 26.7. The molecular weight excluding hydrogens is 284 g/mol. The first-order chi connectivity index (χ1) is 10.7. The molecule has 0 saturated heterocycles. The molecule has 1 atom stereocenters. The maximum atomic E-state index is 10.4. The van der Waals surface area contributed by atoms with Crippen molar-refractivity contribution < 1.29 is 14.9 Å². The van der Waals surface area contributed by atoms with Crippen LogP contribution in [0.25, 0.3) is 5.65 Å². The van der Waals surface area contributed by atoms with Gasteiger partial charge in [-0.25, -0.2) is 9.50 Å². The fourth-order valence-electron chi connectivity index (χ4n) is 2.22. The molecule has 3 N–H and O–H groups in total. The summed E-state index contributed by atoms with van der Waals surface area (Å²) < 4.78 is 6.86. The minimum Gasteiger partial charge on any atom is -0.495 e. The molecule has 0 fully saturated rings. The Morgan fingerprint density at radius 3 is 3.05 bits per heavy atom. The predicted octanol–water partition coefficient (Wildman–Crippen LogP) is 1.33. The van der Waals surface area contributed by atoms with Crippen molar-refractivity contribution in [1.29, 1.82) is 0 Å². The number of nitrogens with one attached hydrogen (secondary N) is 1. The van der Waals surface area contributed by atoms with Gasteiger partial charge >= 0.3 is 0 Å². The lowest BCUT2D eigenvalue weighted by molar-refractivity contribution is 0.209. The van der Waals surface area contributed by atoms with Crippen molar-refractivity contribution in [2.75, 3.05) is 12.4 Å². The van der Waals surface area contributed by atoms with Crippen LogP contribution in [0.2, 0.25) is 0 Å². The molecule has 1 aromatic carbocycles. The SMILES string of the molecule is COc1cc(CO)ccc1NC(O)c1cnn2cccnc12. The smallest absolute Gasteiger partial charge is 0.162 e. The first-order valence-electron chi connectivity index (χ1n) is 6.73. The predicted molar refractivity (Wildman–Crippen MR) is 80.5 cm³/mol. The number of anilines is 1. The summed E-state index contributed by atoms with van der Waals surface area (Å²) in [4.78, 5) is 4.21. The van der Waals surface area contributed by atoms with E-state index < -0.39 is 6.23 Å². The number of hydrogen-bond acceptors (Lipinski definition) is 6. The van der Waals surface area contributed by atoms with Gasteiger partial charge in [-0.1, -0.05) is 6.07 Å². The van der Waals surface area contributed by atoms with Gasteiger partial charge in [-0.3, -0.25) is 0 Å². The summed E-state index contributed by atoms with van der Waals surface area (Å²) in [6.45, 7) is -0.0723. The summed E-state index contributed by atoms with van der Waals surface area (Å²) in [5.74, 6) is 0.537. The van der Waals surface area contributed by atoms with E-state index >= 15 is 0 Å². The van der Waals surface area contributed by atoms with Gasteiger partial charge in [0.25, 0.3) is 0 Å². The van der Waals surface area contributed by atoms with Crippen LogP contribution in [0.15, 0.2) is 42.9 Å². The molecule has 0 spiro atoms. The minimum atomic E-state index is -0.985. The lowest BCUT2D eigenvalue weighted by Crippen LogP contribution is -2.11. The van der Waals surface area contributed by atoms with Crippen molar-refractivity contribution in [2.24, 2.45) is 0 Å². The van der Waals surface area contributed by atoms with E-state index in [2.05, 4.69) is 15.4 Å². The molecule has 0 saturated carbocycles. The fourth-order valence-corrected chi connectivity index (χ4v) is 2.22. The van der Waals surface area contributed by atoms with E-state index in [1.807, 2.05) is 0 Å². The van der Waals surface area contributed by atoms with Crippen molar-refractivity contribution >= 4 is 11.3 Å². The zero-order valence-electron chi connectivity index (χ0n) is 12.0. The van der Waals surface area contributed by atoms with Gasteiger partial charge in [0.05, 0.1) is 31.2 Å². The number of nitrogens with zero attached hydrogens (tertiary/aromatic N) is 3. The van der Waals surface area contributed by atoms with Crippen LogP contribution in [0.4, 0.5) is 5.69 Å². The van der Waals surface area contributed by atoms with Crippen LogP contribution in [0.3, 0.4) is 0 Å². The van der Waals surface area contributed by atoms with Gasteiger partial charge in [0.1, 0.15) is 5.75 Å². The van der Waals surface area contributed by atoms with Gasteiger partial charge in [-0.2, -0.15) is 5.10 Å². The second-order valence-corrected chi connectivity index (χ2v) is 4.73. The van der Waals surface area contributed by atoms with E-state index in [1.54, 1.807) is 47.4 Å². The van der Waals surface area contributed by atoms with Crippen molar-refractivity contribution in [3.8, 4) is 5.75 Å². The minimum absolute atomic E-state index is 0.0723. The van der Waals surface area contributed by atoms with Crippen LogP contribution in [0, 0.1) is 0 Å².